The first-order chi connectivity index (χ1) is 5.68. The Hall–Kier alpha value is 0.250. The Morgan fingerprint density at radius 3 is 2.58 bits per heavy atom. The van der Waals surface area contributed by atoms with E-state index < -0.39 is 0 Å². The van der Waals surface area contributed by atoms with Crippen molar-refractivity contribution in [2.24, 2.45) is 5.92 Å². The predicted molar refractivity (Wildman–Crippen MR) is 52.7 cm³/mol. The van der Waals surface area contributed by atoms with Crippen LogP contribution in [0.3, 0.4) is 0 Å². The van der Waals surface area contributed by atoms with Gasteiger partial charge in [-0.25, -0.2) is 0 Å². The average molecular weight is 191 g/mol. The van der Waals surface area contributed by atoms with Crippen LogP contribution in [0, 0.1) is 5.92 Å². The Morgan fingerprint density at radius 2 is 2.08 bits per heavy atom. The lowest BCUT2D eigenvalue weighted by Gasteiger charge is -2.30. The SMILES string of the molecule is CC(C)CCCOC1CC(Cl)C1. The van der Waals surface area contributed by atoms with Gasteiger partial charge in [-0.2, -0.15) is 0 Å². The molecule has 0 N–H and O–H groups in total. The van der Waals surface area contributed by atoms with E-state index in [1.165, 1.54) is 12.8 Å². The molecule has 0 spiro atoms. The summed E-state index contributed by atoms with van der Waals surface area (Å²) in [5.74, 6) is 0.802. The first kappa shape index (κ1) is 10.3. The maximum Gasteiger partial charge on any atom is 0.0603 e. The number of hydrogen-bond acceptors (Lipinski definition) is 1. The minimum atomic E-state index is 0.389. The lowest BCUT2D eigenvalue weighted by molar-refractivity contribution is 0.00235. The fourth-order valence-electron chi connectivity index (χ4n) is 1.38. The Labute approximate surface area is 80.4 Å². The van der Waals surface area contributed by atoms with Crippen molar-refractivity contribution in [1.82, 2.24) is 0 Å². The Balaban J connectivity index is 1.83. The Kier molecular flexibility index (Phi) is 4.38. The molecule has 1 nitrogen and oxygen atoms in total. The topological polar surface area (TPSA) is 9.23 Å². The molecule has 0 atom stereocenters. The van der Waals surface area contributed by atoms with E-state index >= 15 is 0 Å². The molecule has 0 amide bonds. The molecule has 0 aromatic carbocycles. The van der Waals surface area contributed by atoms with Gasteiger partial charge >= 0.3 is 0 Å². The minimum absolute atomic E-state index is 0.389. The zero-order chi connectivity index (χ0) is 8.97. The third-order valence-electron chi connectivity index (χ3n) is 2.32. The highest BCUT2D eigenvalue weighted by Gasteiger charge is 2.27. The number of rotatable bonds is 5. The van der Waals surface area contributed by atoms with Gasteiger partial charge in [-0.05, 0) is 31.6 Å². The van der Waals surface area contributed by atoms with Gasteiger partial charge in [0.2, 0.25) is 0 Å². The molecule has 72 valence electrons. The Morgan fingerprint density at radius 1 is 1.42 bits per heavy atom. The monoisotopic (exact) mass is 190 g/mol. The third kappa shape index (κ3) is 3.77. The maximum absolute atomic E-state index is 5.83. The van der Waals surface area contributed by atoms with Gasteiger partial charge in [-0.15, -0.1) is 11.6 Å². The molecule has 0 aromatic heterocycles. The summed E-state index contributed by atoms with van der Waals surface area (Å²) in [5, 5.41) is 0.389. The molecule has 0 heterocycles. The molecule has 0 bridgehead atoms. The second kappa shape index (κ2) is 5.08. The van der Waals surface area contributed by atoms with E-state index in [0.29, 0.717) is 11.5 Å². The van der Waals surface area contributed by atoms with Crippen LogP contribution in [0.1, 0.15) is 39.5 Å². The molecule has 1 aliphatic carbocycles. The van der Waals surface area contributed by atoms with Crippen molar-refractivity contribution in [3.63, 3.8) is 0 Å². The molecule has 0 unspecified atom stereocenters. The van der Waals surface area contributed by atoms with Crippen LogP contribution in [0.5, 0.6) is 0 Å². The summed E-state index contributed by atoms with van der Waals surface area (Å²) in [4.78, 5) is 0. The number of hydrogen-bond donors (Lipinski definition) is 0. The number of ether oxygens (including phenoxy) is 1. The molecule has 0 radical (unpaired) electrons. The van der Waals surface area contributed by atoms with Crippen molar-refractivity contribution >= 4 is 11.6 Å². The zero-order valence-electron chi connectivity index (χ0n) is 8.05. The van der Waals surface area contributed by atoms with Crippen molar-refractivity contribution < 1.29 is 4.74 Å². The van der Waals surface area contributed by atoms with E-state index in [-0.39, 0.29) is 0 Å². The van der Waals surface area contributed by atoms with Gasteiger partial charge in [0.25, 0.3) is 0 Å². The first-order valence-corrected chi connectivity index (χ1v) is 5.37. The lowest BCUT2D eigenvalue weighted by atomic mass is 9.95. The number of halogens is 1. The van der Waals surface area contributed by atoms with Crippen LogP contribution in [0.2, 0.25) is 0 Å². The van der Waals surface area contributed by atoms with E-state index in [4.69, 9.17) is 16.3 Å². The maximum atomic E-state index is 5.83. The molecule has 2 heteroatoms. The fraction of sp³-hybridized carbons (Fsp3) is 1.00. The summed E-state index contributed by atoms with van der Waals surface area (Å²) in [5.41, 5.74) is 0. The first-order valence-electron chi connectivity index (χ1n) is 4.94. The average Bonchev–Trinajstić information content (AvgIpc) is 1.93. The van der Waals surface area contributed by atoms with E-state index in [9.17, 15) is 0 Å². The van der Waals surface area contributed by atoms with Crippen molar-refractivity contribution in [3.05, 3.63) is 0 Å². The van der Waals surface area contributed by atoms with Gasteiger partial charge in [0, 0.05) is 12.0 Å². The van der Waals surface area contributed by atoms with Gasteiger partial charge < -0.3 is 4.74 Å². The zero-order valence-corrected chi connectivity index (χ0v) is 8.81. The summed E-state index contributed by atoms with van der Waals surface area (Å²) < 4.78 is 5.61. The fourth-order valence-corrected chi connectivity index (χ4v) is 1.78. The van der Waals surface area contributed by atoms with Gasteiger partial charge in [-0.3, -0.25) is 0 Å². The van der Waals surface area contributed by atoms with Crippen LogP contribution in [0.25, 0.3) is 0 Å². The van der Waals surface area contributed by atoms with Crippen molar-refractivity contribution in [2.75, 3.05) is 6.61 Å². The molecule has 0 aliphatic heterocycles. The molecular formula is C10H19ClO. The van der Waals surface area contributed by atoms with Gasteiger partial charge in [0.05, 0.1) is 6.10 Å². The van der Waals surface area contributed by atoms with Crippen LogP contribution < -0.4 is 0 Å². The predicted octanol–water partition coefficient (Wildman–Crippen LogP) is 3.21. The van der Waals surface area contributed by atoms with Crippen molar-refractivity contribution in [2.45, 2.75) is 51.0 Å². The van der Waals surface area contributed by atoms with E-state index in [2.05, 4.69) is 13.8 Å². The molecule has 1 aliphatic rings. The summed E-state index contributed by atoms with van der Waals surface area (Å²) in [6, 6.07) is 0. The summed E-state index contributed by atoms with van der Waals surface area (Å²) in [6.07, 6.45) is 5.06. The highest BCUT2D eigenvalue weighted by Crippen LogP contribution is 2.28. The molecule has 12 heavy (non-hydrogen) atoms. The van der Waals surface area contributed by atoms with Gasteiger partial charge in [0.15, 0.2) is 0 Å². The van der Waals surface area contributed by atoms with E-state index in [1.807, 2.05) is 0 Å². The van der Waals surface area contributed by atoms with Gasteiger partial charge in [0.1, 0.15) is 0 Å². The van der Waals surface area contributed by atoms with Crippen LogP contribution >= 0.6 is 11.6 Å². The molecule has 1 rings (SSSR count). The summed E-state index contributed by atoms with van der Waals surface area (Å²) >= 11 is 5.83. The van der Waals surface area contributed by atoms with Crippen LogP contribution in [0.15, 0.2) is 0 Å². The van der Waals surface area contributed by atoms with Crippen LogP contribution in [-0.4, -0.2) is 18.1 Å². The van der Waals surface area contributed by atoms with E-state index in [0.717, 1.165) is 25.4 Å². The molecule has 1 fully saturated rings. The normalized spacial score (nSPS) is 29.0. The smallest absolute Gasteiger partial charge is 0.0603 e. The van der Waals surface area contributed by atoms with E-state index in [1.54, 1.807) is 0 Å². The second-order valence-corrected chi connectivity index (χ2v) is 4.71. The quantitative estimate of drug-likeness (QED) is 0.478. The molecule has 1 saturated carbocycles. The molecular weight excluding hydrogens is 172 g/mol. The largest absolute Gasteiger partial charge is 0.378 e. The highest BCUT2D eigenvalue weighted by molar-refractivity contribution is 6.21. The standard InChI is InChI=1S/C10H19ClO/c1-8(2)4-3-5-12-10-6-9(11)7-10/h8-10H,3-7H2,1-2H3. The van der Waals surface area contributed by atoms with Crippen LogP contribution in [0.4, 0.5) is 0 Å². The van der Waals surface area contributed by atoms with Gasteiger partial charge in [-0.1, -0.05) is 13.8 Å². The highest BCUT2D eigenvalue weighted by atomic mass is 35.5. The van der Waals surface area contributed by atoms with Crippen LogP contribution in [-0.2, 0) is 4.74 Å². The summed E-state index contributed by atoms with van der Waals surface area (Å²) in [7, 11) is 0. The molecule has 0 aromatic rings. The third-order valence-corrected chi connectivity index (χ3v) is 2.67. The lowest BCUT2D eigenvalue weighted by Crippen LogP contribution is -2.32. The van der Waals surface area contributed by atoms with Crippen molar-refractivity contribution in [1.29, 1.82) is 0 Å². The second-order valence-electron chi connectivity index (χ2n) is 4.10. The number of alkyl halides is 1. The van der Waals surface area contributed by atoms with Crippen molar-refractivity contribution in [3.8, 4) is 0 Å². The Bertz CT molecular complexity index is 119. The molecule has 0 saturated heterocycles. The summed E-state index contributed by atoms with van der Waals surface area (Å²) in [6.45, 7) is 5.42. The minimum Gasteiger partial charge on any atom is -0.378 e.